The molecular weight excluding hydrogens is 868 g/mol. The number of halogens is 1. The molecule has 0 saturated carbocycles. The highest BCUT2D eigenvalue weighted by atomic mass is 35.5. The maximum absolute atomic E-state index is 13.5. The van der Waals surface area contributed by atoms with E-state index in [0.717, 1.165) is 61.4 Å². The molecule has 17 heteroatoms. The summed E-state index contributed by atoms with van der Waals surface area (Å²) < 4.78 is 30.4. The van der Waals surface area contributed by atoms with E-state index in [-0.39, 0.29) is 18.2 Å². The van der Waals surface area contributed by atoms with Crippen molar-refractivity contribution >= 4 is 57.7 Å². The summed E-state index contributed by atoms with van der Waals surface area (Å²) in [6.07, 6.45) is 2.31. The van der Waals surface area contributed by atoms with Gasteiger partial charge in [0.25, 0.3) is 0 Å². The first-order chi connectivity index (χ1) is 31.7. The number of rotatable bonds is 22. The second kappa shape index (κ2) is 21.8. The number of anilines is 3. The number of ether oxygens (including phenoxy) is 5. The van der Waals surface area contributed by atoms with Crippen molar-refractivity contribution in [2.24, 2.45) is 4.99 Å². The van der Waals surface area contributed by atoms with Crippen LogP contribution in [0.5, 0.6) is 5.75 Å². The molecular formula is C48H51ClN8O7S. The third kappa shape index (κ3) is 11.6. The minimum Gasteiger partial charge on any atom is -0.491 e. The summed E-state index contributed by atoms with van der Waals surface area (Å²) in [6, 6.07) is 24.2. The van der Waals surface area contributed by atoms with E-state index in [1.807, 2.05) is 84.4 Å². The summed E-state index contributed by atoms with van der Waals surface area (Å²) in [5.74, 6) is 2.62. The van der Waals surface area contributed by atoms with Gasteiger partial charge < -0.3 is 39.6 Å². The highest BCUT2D eigenvalue weighted by Gasteiger charge is 2.32. The lowest BCUT2D eigenvalue weighted by Crippen LogP contribution is -2.17. The summed E-state index contributed by atoms with van der Waals surface area (Å²) >= 11 is 7.91. The number of aromatic nitrogens is 4. The molecule has 15 nitrogen and oxygen atoms in total. The topological polar surface area (TPSA) is 172 Å². The zero-order valence-corrected chi connectivity index (χ0v) is 38.1. The fraction of sp³-hybridized carbons (Fsp3) is 0.333. The van der Waals surface area contributed by atoms with Gasteiger partial charge in [0.05, 0.1) is 71.4 Å². The van der Waals surface area contributed by atoms with E-state index in [0.29, 0.717) is 94.7 Å². The molecule has 2 amide bonds. The second-order valence-corrected chi connectivity index (χ2v) is 17.1. The molecule has 0 bridgehead atoms. The molecule has 0 unspecified atom stereocenters. The van der Waals surface area contributed by atoms with E-state index in [4.69, 9.17) is 40.3 Å². The molecule has 0 spiro atoms. The van der Waals surface area contributed by atoms with Gasteiger partial charge in [-0.05, 0) is 98.1 Å². The third-order valence-corrected chi connectivity index (χ3v) is 12.3. The number of carbonyl (C=O) groups excluding carboxylic acids is 2. The molecule has 338 valence electrons. The number of fused-ring (bicyclic) bond motifs is 4. The zero-order chi connectivity index (χ0) is 45.1. The van der Waals surface area contributed by atoms with E-state index in [9.17, 15) is 9.59 Å². The summed E-state index contributed by atoms with van der Waals surface area (Å²) in [5, 5.41) is 19.7. The molecule has 0 aliphatic carbocycles. The van der Waals surface area contributed by atoms with Crippen LogP contribution in [0.2, 0.25) is 5.02 Å². The van der Waals surface area contributed by atoms with Gasteiger partial charge in [-0.1, -0.05) is 29.8 Å². The molecule has 2 aliphatic heterocycles. The van der Waals surface area contributed by atoms with Gasteiger partial charge in [0.15, 0.2) is 5.82 Å². The number of aliphatic imine (C=N–C) groups is 1. The summed E-state index contributed by atoms with van der Waals surface area (Å²) in [5.41, 5.74) is 8.42. The molecule has 65 heavy (non-hydrogen) atoms. The van der Waals surface area contributed by atoms with Gasteiger partial charge in [0.2, 0.25) is 11.8 Å². The number of hydrogen-bond acceptors (Lipinski definition) is 13. The van der Waals surface area contributed by atoms with Crippen molar-refractivity contribution in [1.82, 2.24) is 19.7 Å². The van der Waals surface area contributed by atoms with Gasteiger partial charge >= 0.3 is 0 Å². The van der Waals surface area contributed by atoms with E-state index >= 15 is 0 Å². The third-order valence-electron chi connectivity index (χ3n) is 10.9. The average molecular weight is 920 g/mol. The first kappa shape index (κ1) is 45.6. The van der Waals surface area contributed by atoms with E-state index in [2.05, 4.69) is 45.0 Å². The van der Waals surface area contributed by atoms with Crippen molar-refractivity contribution in [2.45, 2.75) is 39.7 Å². The SMILES string of the molecule is Cc1sc2c(c1C)C(c1ccc(Cl)cc1)=N[C@@H](CC(=O)Nc1ccc(OCCOCCOCCOCCOCCNc3ccc(-c4ccc5c(c4)CC(=O)N5)cn3)cc1)c1nnc(C)n1-2. The van der Waals surface area contributed by atoms with E-state index in [1.165, 1.54) is 4.88 Å². The zero-order valence-electron chi connectivity index (χ0n) is 36.5. The number of amides is 2. The van der Waals surface area contributed by atoms with Crippen LogP contribution in [0.3, 0.4) is 0 Å². The molecule has 0 radical (unpaired) electrons. The minimum absolute atomic E-state index is 0.0262. The molecule has 0 fully saturated rings. The Hall–Kier alpha value is -6.01. The van der Waals surface area contributed by atoms with Crippen LogP contribution in [0.4, 0.5) is 17.2 Å². The number of nitrogens with zero attached hydrogens (tertiary/aromatic N) is 5. The maximum Gasteiger partial charge on any atom is 0.228 e. The van der Waals surface area contributed by atoms with Crippen LogP contribution in [0.1, 0.15) is 51.2 Å². The molecule has 8 rings (SSSR count). The van der Waals surface area contributed by atoms with E-state index in [1.54, 1.807) is 23.5 Å². The van der Waals surface area contributed by atoms with Crippen molar-refractivity contribution in [3.05, 3.63) is 129 Å². The quantitative estimate of drug-likeness (QED) is 0.0565. The largest absolute Gasteiger partial charge is 0.491 e. The molecule has 1 atom stereocenters. The van der Waals surface area contributed by atoms with Crippen LogP contribution < -0.4 is 20.7 Å². The Balaban J connectivity index is 0.666. The van der Waals surface area contributed by atoms with Gasteiger partial charge in [-0.2, -0.15) is 0 Å². The molecule has 3 aromatic carbocycles. The van der Waals surface area contributed by atoms with Crippen molar-refractivity contribution in [2.75, 3.05) is 82.0 Å². The van der Waals surface area contributed by atoms with Gasteiger partial charge in [0.1, 0.15) is 35.0 Å². The monoisotopic (exact) mass is 918 g/mol. The van der Waals surface area contributed by atoms with Gasteiger partial charge in [-0.15, -0.1) is 21.5 Å². The Morgan fingerprint density at radius 2 is 1.49 bits per heavy atom. The fourth-order valence-corrected chi connectivity index (χ4v) is 8.80. The summed E-state index contributed by atoms with van der Waals surface area (Å²) in [6.45, 7) is 10.8. The van der Waals surface area contributed by atoms with Crippen LogP contribution in [-0.4, -0.2) is 103 Å². The molecule has 3 N–H and O–H groups in total. The van der Waals surface area contributed by atoms with Crippen molar-refractivity contribution < 1.29 is 33.3 Å². The Morgan fingerprint density at radius 3 is 2.20 bits per heavy atom. The van der Waals surface area contributed by atoms with Crippen molar-refractivity contribution in [3.63, 3.8) is 0 Å². The number of nitrogens with one attached hydrogen (secondary N) is 3. The number of hydrogen-bond donors (Lipinski definition) is 3. The smallest absolute Gasteiger partial charge is 0.228 e. The van der Waals surface area contributed by atoms with Gasteiger partial charge in [-0.3, -0.25) is 19.1 Å². The highest BCUT2D eigenvalue weighted by molar-refractivity contribution is 7.15. The fourth-order valence-electron chi connectivity index (χ4n) is 7.46. The molecule has 0 saturated heterocycles. The highest BCUT2D eigenvalue weighted by Crippen LogP contribution is 2.40. The Kier molecular flexibility index (Phi) is 15.3. The van der Waals surface area contributed by atoms with Gasteiger partial charge in [-0.25, -0.2) is 4.98 Å². The molecule has 2 aliphatic rings. The first-order valence-electron chi connectivity index (χ1n) is 21.5. The number of carbonyl (C=O) groups is 2. The normalized spacial score (nSPS) is 13.9. The first-order valence-corrected chi connectivity index (χ1v) is 22.7. The second-order valence-electron chi connectivity index (χ2n) is 15.4. The Morgan fingerprint density at radius 1 is 0.815 bits per heavy atom. The standard InChI is InChI=1S/C48H51ClN8O7S/c1-30-31(2)65-48-45(30)46(33-4-8-37(49)9-5-33)54-41(47-56-55-32(3)57(47)48)28-44(59)52-38-10-12-39(13-11-38)64-25-24-63-23-22-62-21-20-61-19-18-60-17-16-50-42-15-7-35(29-51-42)34-6-14-40-36(26-34)27-43(58)53-40/h4-15,26,29,41H,16-25,27-28H2,1-3H3,(H,50,51)(H,52,59)(H,53,58)/t41-/m0/s1. The number of thiophene rings is 1. The van der Waals surface area contributed by atoms with Crippen LogP contribution in [0.15, 0.2) is 90.1 Å². The minimum atomic E-state index is -0.570. The lowest BCUT2D eigenvalue weighted by Gasteiger charge is -2.13. The Bertz CT molecular complexity index is 2620. The van der Waals surface area contributed by atoms with Crippen LogP contribution in [0, 0.1) is 20.8 Å². The van der Waals surface area contributed by atoms with Crippen LogP contribution in [0.25, 0.3) is 16.1 Å². The molecule has 3 aromatic heterocycles. The predicted octanol–water partition coefficient (Wildman–Crippen LogP) is 7.94. The van der Waals surface area contributed by atoms with Crippen LogP contribution in [-0.2, 0) is 35.0 Å². The summed E-state index contributed by atoms with van der Waals surface area (Å²) in [4.78, 5) is 36.0. The van der Waals surface area contributed by atoms with Crippen molar-refractivity contribution in [3.8, 4) is 21.9 Å². The molecule has 6 aromatic rings. The number of pyridine rings is 1. The molecule has 5 heterocycles. The van der Waals surface area contributed by atoms with Crippen molar-refractivity contribution in [1.29, 1.82) is 0 Å². The summed E-state index contributed by atoms with van der Waals surface area (Å²) in [7, 11) is 0. The lowest BCUT2D eigenvalue weighted by molar-refractivity contribution is -0.117. The predicted molar refractivity (Wildman–Crippen MR) is 252 cm³/mol. The number of aryl methyl sites for hydroxylation is 2. The Labute approximate surface area is 386 Å². The van der Waals surface area contributed by atoms with Crippen LogP contribution >= 0.6 is 22.9 Å². The van der Waals surface area contributed by atoms with Gasteiger partial charge in [0, 0.05) is 50.7 Å². The average Bonchev–Trinajstić information content (AvgIpc) is 3.95. The maximum atomic E-state index is 13.5. The lowest BCUT2D eigenvalue weighted by atomic mass is 9.99. The van der Waals surface area contributed by atoms with E-state index < -0.39 is 6.04 Å². The number of benzene rings is 3.